The molecule has 2 N–H and O–H groups in total. The number of nitriles is 1. The van der Waals surface area contributed by atoms with E-state index < -0.39 is 0 Å². The van der Waals surface area contributed by atoms with Crippen molar-refractivity contribution >= 4 is 0 Å². The Labute approximate surface area is 55.3 Å². The SMILES string of the molecule is CCCC(O)CNC#N. The van der Waals surface area contributed by atoms with Crippen molar-refractivity contribution in [2.75, 3.05) is 6.54 Å². The molecule has 0 aromatic heterocycles. The van der Waals surface area contributed by atoms with E-state index in [2.05, 4.69) is 5.32 Å². The Bertz CT molecular complexity index is 97.7. The molecule has 0 aliphatic rings. The van der Waals surface area contributed by atoms with Crippen molar-refractivity contribution < 1.29 is 5.11 Å². The molecule has 0 rings (SSSR count). The first-order chi connectivity index (χ1) is 4.31. The minimum absolute atomic E-state index is 0.366. The zero-order valence-electron chi connectivity index (χ0n) is 5.59. The van der Waals surface area contributed by atoms with Crippen molar-refractivity contribution in [2.24, 2.45) is 0 Å². The average Bonchev–Trinajstić information content (AvgIpc) is 1.85. The Morgan fingerprint density at radius 2 is 2.44 bits per heavy atom. The number of hydrogen-bond acceptors (Lipinski definition) is 3. The van der Waals surface area contributed by atoms with Crippen molar-refractivity contribution in [3.05, 3.63) is 0 Å². The molecule has 0 saturated carbocycles. The predicted octanol–water partition coefficient (Wildman–Crippen LogP) is 0.218. The summed E-state index contributed by atoms with van der Waals surface area (Å²) in [6, 6.07) is 0. The molecule has 0 aliphatic heterocycles. The number of nitrogens with one attached hydrogen (secondary N) is 1. The van der Waals surface area contributed by atoms with Crippen molar-refractivity contribution in [1.82, 2.24) is 5.32 Å². The summed E-state index contributed by atoms with van der Waals surface area (Å²) >= 11 is 0. The zero-order chi connectivity index (χ0) is 7.11. The lowest BCUT2D eigenvalue weighted by atomic mass is 10.2. The van der Waals surface area contributed by atoms with Gasteiger partial charge in [0.1, 0.15) is 0 Å². The van der Waals surface area contributed by atoms with Crippen molar-refractivity contribution in [2.45, 2.75) is 25.9 Å². The predicted molar refractivity (Wildman–Crippen MR) is 34.5 cm³/mol. The zero-order valence-corrected chi connectivity index (χ0v) is 5.59. The van der Waals surface area contributed by atoms with Crippen molar-refractivity contribution in [3.63, 3.8) is 0 Å². The molecule has 0 radical (unpaired) electrons. The molecule has 0 spiro atoms. The molecule has 0 saturated heterocycles. The Hall–Kier alpha value is -0.750. The first-order valence-corrected chi connectivity index (χ1v) is 3.11. The minimum atomic E-state index is -0.366. The maximum Gasteiger partial charge on any atom is 0.176 e. The Kier molecular flexibility index (Phi) is 4.94. The summed E-state index contributed by atoms with van der Waals surface area (Å²) in [7, 11) is 0. The highest BCUT2D eigenvalue weighted by Gasteiger charge is 1.98. The normalized spacial score (nSPS) is 12.1. The summed E-state index contributed by atoms with van der Waals surface area (Å²) in [6.45, 7) is 2.37. The lowest BCUT2D eigenvalue weighted by Gasteiger charge is -2.05. The van der Waals surface area contributed by atoms with Crippen LogP contribution in [-0.2, 0) is 0 Å². The summed E-state index contributed by atoms with van der Waals surface area (Å²) in [4.78, 5) is 0. The molecule has 0 aromatic carbocycles. The van der Waals surface area contributed by atoms with E-state index in [1.54, 1.807) is 6.19 Å². The second kappa shape index (κ2) is 5.39. The molecule has 0 fully saturated rings. The number of rotatable bonds is 4. The molecular formula is C6H12N2O. The average molecular weight is 128 g/mol. The summed E-state index contributed by atoms with van der Waals surface area (Å²) in [5, 5.41) is 19.4. The first kappa shape index (κ1) is 8.25. The van der Waals surface area contributed by atoms with Crippen LogP contribution in [0.2, 0.25) is 0 Å². The van der Waals surface area contributed by atoms with Gasteiger partial charge < -0.3 is 10.4 Å². The third-order valence-electron chi connectivity index (χ3n) is 1.04. The van der Waals surface area contributed by atoms with Gasteiger partial charge in [-0.25, -0.2) is 0 Å². The third-order valence-corrected chi connectivity index (χ3v) is 1.04. The summed E-state index contributed by atoms with van der Waals surface area (Å²) < 4.78 is 0. The van der Waals surface area contributed by atoms with E-state index in [0.717, 1.165) is 12.8 Å². The van der Waals surface area contributed by atoms with Gasteiger partial charge in [-0.2, -0.15) is 5.26 Å². The lowest BCUT2D eigenvalue weighted by Crippen LogP contribution is -2.22. The van der Waals surface area contributed by atoms with Crippen LogP contribution in [0.4, 0.5) is 0 Å². The van der Waals surface area contributed by atoms with Crippen LogP contribution in [0.15, 0.2) is 0 Å². The van der Waals surface area contributed by atoms with Crippen LogP contribution in [0.3, 0.4) is 0 Å². The van der Waals surface area contributed by atoms with E-state index in [1.165, 1.54) is 0 Å². The van der Waals surface area contributed by atoms with Crippen molar-refractivity contribution in [1.29, 1.82) is 5.26 Å². The molecule has 0 heterocycles. The highest BCUT2D eigenvalue weighted by Crippen LogP contribution is 1.92. The fourth-order valence-electron chi connectivity index (χ4n) is 0.599. The largest absolute Gasteiger partial charge is 0.391 e. The monoisotopic (exact) mass is 128 g/mol. The van der Waals surface area contributed by atoms with Crippen LogP contribution in [0, 0.1) is 11.5 Å². The second-order valence-corrected chi connectivity index (χ2v) is 1.94. The highest BCUT2D eigenvalue weighted by molar-refractivity contribution is 4.68. The van der Waals surface area contributed by atoms with Crippen LogP contribution < -0.4 is 5.32 Å². The van der Waals surface area contributed by atoms with Crippen LogP contribution in [0.5, 0.6) is 0 Å². The summed E-state index contributed by atoms with van der Waals surface area (Å²) in [5.74, 6) is 0. The Balaban J connectivity index is 3.07. The van der Waals surface area contributed by atoms with Crippen LogP contribution in [-0.4, -0.2) is 17.8 Å². The summed E-state index contributed by atoms with van der Waals surface area (Å²) in [5.41, 5.74) is 0. The molecule has 9 heavy (non-hydrogen) atoms. The fourth-order valence-corrected chi connectivity index (χ4v) is 0.599. The number of aliphatic hydroxyl groups excluding tert-OH is 1. The smallest absolute Gasteiger partial charge is 0.176 e. The molecule has 1 atom stereocenters. The lowest BCUT2D eigenvalue weighted by molar-refractivity contribution is 0.166. The number of nitrogens with zero attached hydrogens (tertiary/aromatic N) is 1. The topological polar surface area (TPSA) is 56.0 Å². The molecule has 0 bridgehead atoms. The first-order valence-electron chi connectivity index (χ1n) is 3.11. The van der Waals surface area contributed by atoms with Crippen LogP contribution in [0.1, 0.15) is 19.8 Å². The van der Waals surface area contributed by atoms with E-state index in [0.29, 0.717) is 6.54 Å². The van der Waals surface area contributed by atoms with Gasteiger partial charge in [0.2, 0.25) is 0 Å². The number of hydrogen-bond donors (Lipinski definition) is 2. The molecule has 0 aromatic rings. The second-order valence-electron chi connectivity index (χ2n) is 1.94. The quantitative estimate of drug-likeness (QED) is 0.420. The maximum atomic E-state index is 8.97. The van der Waals surface area contributed by atoms with E-state index in [-0.39, 0.29) is 6.10 Å². The van der Waals surface area contributed by atoms with Gasteiger partial charge in [-0.05, 0) is 6.42 Å². The van der Waals surface area contributed by atoms with E-state index in [1.807, 2.05) is 6.92 Å². The van der Waals surface area contributed by atoms with Gasteiger partial charge in [-0.1, -0.05) is 13.3 Å². The third kappa shape index (κ3) is 5.12. The van der Waals surface area contributed by atoms with Gasteiger partial charge in [0, 0.05) is 0 Å². The van der Waals surface area contributed by atoms with Gasteiger partial charge in [-0.15, -0.1) is 0 Å². The van der Waals surface area contributed by atoms with Gasteiger partial charge in [-0.3, -0.25) is 0 Å². The van der Waals surface area contributed by atoms with E-state index in [9.17, 15) is 0 Å². The summed E-state index contributed by atoms with van der Waals surface area (Å²) in [6.07, 6.45) is 3.09. The van der Waals surface area contributed by atoms with Crippen LogP contribution >= 0.6 is 0 Å². The molecular weight excluding hydrogens is 116 g/mol. The molecule has 3 nitrogen and oxygen atoms in total. The van der Waals surface area contributed by atoms with Crippen molar-refractivity contribution in [3.8, 4) is 6.19 Å². The molecule has 0 aliphatic carbocycles. The molecule has 1 unspecified atom stereocenters. The Morgan fingerprint density at radius 1 is 1.78 bits per heavy atom. The van der Waals surface area contributed by atoms with Gasteiger partial charge >= 0.3 is 0 Å². The molecule has 3 heteroatoms. The standard InChI is InChI=1S/C6H12N2O/c1-2-3-6(9)4-8-5-7/h6,8-9H,2-4H2,1H3. The van der Waals surface area contributed by atoms with Gasteiger partial charge in [0.15, 0.2) is 6.19 Å². The van der Waals surface area contributed by atoms with Crippen LogP contribution in [0.25, 0.3) is 0 Å². The van der Waals surface area contributed by atoms with E-state index >= 15 is 0 Å². The van der Waals surface area contributed by atoms with Gasteiger partial charge in [0.05, 0.1) is 12.6 Å². The highest BCUT2D eigenvalue weighted by atomic mass is 16.3. The fraction of sp³-hybridized carbons (Fsp3) is 0.833. The molecule has 0 amide bonds. The maximum absolute atomic E-state index is 8.97. The van der Waals surface area contributed by atoms with Gasteiger partial charge in [0.25, 0.3) is 0 Å². The Morgan fingerprint density at radius 3 is 2.89 bits per heavy atom. The minimum Gasteiger partial charge on any atom is -0.391 e. The number of aliphatic hydroxyl groups is 1. The molecule has 52 valence electrons. The van der Waals surface area contributed by atoms with E-state index in [4.69, 9.17) is 10.4 Å².